The summed E-state index contributed by atoms with van der Waals surface area (Å²) in [4.78, 5) is 0. The van der Waals surface area contributed by atoms with Crippen molar-refractivity contribution in [2.75, 3.05) is 0 Å². The molecule has 0 aromatic heterocycles. The SMILES string of the molecule is ON=C(C=Cc1ccc(Cl)cc1)c1ccccc1. The Morgan fingerprint density at radius 2 is 1.67 bits per heavy atom. The molecule has 2 aromatic rings. The largest absolute Gasteiger partial charge is 0.410 e. The minimum Gasteiger partial charge on any atom is -0.410 e. The lowest BCUT2D eigenvalue weighted by molar-refractivity contribution is 0.320. The van der Waals surface area contributed by atoms with Gasteiger partial charge in [0, 0.05) is 10.6 Å². The number of oxime groups is 1. The highest BCUT2D eigenvalue weighted by Gasteiger charge is 1.98. The van der Waals surface area contributed by atoms with E-state index in [9.17, 15) is 0 Å². The van der Waals surface area contributed by atoms with Gasteiger partial charge in [0.15, 0.2) is 0 Å². The second kappa shape index (κ2) is 6.03. The van der Waals surface area contributed by atoms with E-state index in [1.807, 2.05) is 60.7 Å². The lowest BCUT2D eigenvalue weighted by atomic mass is 10.1. The predicted octanol–water partition coefficient (Wildman–Crippen LogP) is 4.23. The monoisotopic (exact) mass is 257 g/mol. The quantitative estimate of drug-likeness (QED) is 0.498. The minimum atomic E-state index is 0.519. The van der Waals surface area contributed by atoms with Gasteiger partial charge in [-0.15, -0.1) is 0 Å². The average Bonchev–Trinajstić information content (AvgIpc) is 2.43. The fourth-order valence-electron chi connectivity index (χ4n) is 1.55. The van der Waals surface area contributed by atoms with Gasteiger partial charge >= 0.3 is 0 Å². The molecule has 2 nitrogen and oxygen atoms in total. The van der Waals surface area contributed by atoms with Crippen LogP contribution in [-0.2, 0) is 0 Å². The predicted molar refractivity (Wildman–Crippen MR) is 75.3 cm³/mol. The first-order valence-electron chi connectivity index (χ1n) is 5.51. The third kappa shape index (κ3) is 3.22. The van der Waals surface area contributed by atoms with Crippen LogP contribution in [0.25, 0.3) is 6.08 Å². The zero-order chi connectivity index (χ0) is 12.8. The van der Waals surface area contributed by atoms with Crippen LogP contribution in [0.5, 0.6) is 0 Å². The van der Waals surface area contributed by atoms with Gasteiger partial charge in [0.25, 0.3) is 0 Å². The van der Waals surface area contributed by atoms with E-state index >= 15 is 0 Å². The zero-order valence-electron chi connectivity index (χ0n) is 9.62. The molecule has 0 atom stereocenters. The molecule has 0 bridgehead atoms. The van der Waals surface area contributed by atoms with Gasteiger partial charge in [-0.05, 0) is 23.8 Å². The number of hydrogen-bond acceptors (Lipinski definition) is 2. The van der Waals surface area contributed by atoms with Crippen molar-refractivity contribution < 1.29 is 5.21 Å². The van der Waals surface area contributed by atoms with E-state index in [0.29, 0.717) is 10.7 Å². The van der Waals surface area contributed by atoms with E-state index in [0.717, 1.165) is 11.1 Å². The molecular formula is C15H12ClNO. The summed E-state index contributed by atoms with van der Waals surface area (Å²) >= 11 is 5.81. The summed E-state index contributed by atoms with van der Waals surface area (Å²) in [6.07, 6.45) is 3.64. The first kappa shape index (κ1) is 12.4. The van der Waals surface area contributed by atoms with E-state index < -0.39 is 0 Å². The molecule has 0 unspecified atom stereocenters. The molecule has 0 saturated carbocycles. The summed E-state index contributed by atoms with van der Waals surface area (Å²) in [5.41, 5.74) is 2.38. The van der Waals surface area contributed by atoms with E-state index in [2.05, 4.69) is 5.16 Å². The first-order chi connectivity index (χ1) is 8.79. The molecule has 0 aliphatic carbocycles. The Labute approximate surface area is 111 Å². The van der Waals surface area contributed by atoms with Crippen molar-refractivity contribution in [3.8, 4) is 0 Å². The highest BCUT2D eigenvalue weighted by Crippen LogP contribution is 2.11. The Hall–Kier alpha value is -2.06. The van der Waals surface area contributed by atoms with Gasteiger partial charge in [0.05, 0.1) is 0 Å². The lowest BCUT2D eigenvalue weighted by Crippen LogP contribution is -1.95. The Balaban J connectivity index is 2.19. The van der Waals surface area contributed by atoms with Crippen molar-refractivity contribution in [1.82, 2.24) is 0 Å². The van der Waals surface area contributed by atoms with Crippen LogP contribution in [0.3, 0.4) is 0 Å². The summed E-state index contributed by atoms with van der Waals surface area (Å²) in [5.74, 6) is 0. The molecule has 2 aromatic carbocycles. The number of rotatable bonds is 3. The second-order valence-corrected chi connectivity index (χ2v) is 4.17. The maximum absolute atomic E-state index is 9.02. The molecule has 0 heterocycles. The Bertz CT molecular complexity index is 559. The van der Waals surface area contributed by atoms with Crippen molar-refractivity contribution in [2.24, 2.45) is 5.16 Å². The standard InChI is InChI=1S/C15H12ClNO/c16-14-9-6-12(7-10-14)8-11-15(17-18)13-4-2-1-3-5-13/h1-11,18H. The fraction of sp³-hybridized carbons (Fsp3) is 0. The molecule has 0 aliphatic rings. The molecule has 0 spiro atoms. The summed E-state index contributed by atoms with van der Waals surface area (Å²) in [5, 5.41) is 13.0. The minimum absolute atomic E-state index is 0.519. The molecule has 3 heteroatoms. The summed E-state index contributed by atoms with van der Waals surface area (Å²) in [7, 11) is 0. The van der Waals surface area contributed by atoms with Gasteiger partial charge in [-0.2, -0.15) is 0 Å². The van der Waals surface area contributed by atoms with Gasteiger partial charge < -0.3 is 5.21 Å². The van der Waals surface area contributed by atoms with Crippen LogP contribution in [0.15, 0.2) is 65.8 Å². The van der Waals surface area contributed by atoms with E-state index in [4.69, 9.17) is 16.8 Å². The van der Waals surface area contributed by atoms with Gasteiger partial charge in [0.2, 0.25) is 0 Å². The lowest BCUT2D eigenvalue weighted by Gasteiger charge is -1.98. The molecule has 0 amide bonds. The van der Waals surface area contributed by atoms with Crippen LogP contribution in [-0.4, -0.2) is 10.9 Å². The molecule has 0 fully saturated rings. The normalized spacial score (nSPS) is 11.9. The molecule has 0 radical (unpaired) electrons. The maximum atomic E-state index is 9.02. The Morgan fingerprint density at radius 3 is 2.28 bits per heavy atom. The Morgan fingerprint density at radius 1 is 1.00 bits per heavy atom. The second-order valence-electron chi connectivity index (χ2n) is 3.74. The third-order valence-corrected chi connectivity index (χ3v) is 2.73. The average molecular weight is 258 g/mol. The first-order valence-corrected chi connectivity index (χ1v) is 5.88. The molecule has 90 valence electrons. The number of allylic oxidation sites excluding steroid dienone is 1. The summed E-state index contributed by atoms with van der Waals surface area (Å²) in [6.45, 7) is 0. The van der Waals surface area contributed by atoms with Crippen LogP contribution >= 0.6 is 11.6 Å². The van der Waals surface area contributed by atoms with E-state index in [1.54, 1.807) is 6.08 Å². The van der Waals surface area contributed by atoms with Gasteiger partial charge in [-0.3, -0.25) is 0 Å². The molecule has 2 rings (SSSR count). The van der Waals surface area contributed by atoms with Gasteiger partial charge in [-0.25, -0.2) is 0 Å². The van der Waals surface area contributed by atoms with Crippen molar-refractivity contribution in [3.05, 3.63) is 76.8 Å². The number of hydrogen-bond donors (Lipinski definition) is 1. The number of nitrogens with zero attached hydrogens (tertiary/aromatic N) is 1. The highest BCUT2D eigenvalue weighted by atomic mass is 35.5. The maximum Gasteiger partial charge on any atom is 0.109 e. The topological polar surface area (TPSA) is 32.6 Å². The molecule has 0 saturated heterocycles. The molecule has 18 heavy (non-hydrogen) atoms. The van der Waals surface area contributed by atoms with Crippen molar-refractivity contribution >= 4 is 23.4 Å². The van der Waals surface area contributed by atoms with Crippen molar-refractivity contribution in [2.45, 2.75) is 0 Å². The van der Waals surface area contributed by atoms with Crippen LogP contribution in [0.2, 0.25) is 5.02 Å². The molecular weight excluding hydrogens is 246 g/mol. The van der Waals surface area contributed by atoms with Crippen LogP contribution in [0.4, 0.5) is 0 Å². The van der Waals surface area contributed by atoms with Crippen molar-refractivity contribution in [1.29, 1.82) is 0 Å². The fourth-order valence-corrected chi connectivity index (χ4v) is 1.67. The third-order valence-electron chi connectivity index (χ3n) is 2.48. The van der Waals surface area contributed by atoms with E-state index in [1.165, 1.54) is 0 Å². The van der Waals surface area contributed by atoms with Crippen LogP contribution < -0.4 is 0 Å². The van der Waals surface area contributed by atoms with Crippen molar-refractivity contribution in [3.63, 3.8) is 0 Å². The van der Waals surface area contributed by atoms with Gasteiger partial charge in [-0.1, -0.05) is 65.3 Å². The molecule has 1 N–H and O–H groups in total. The summed E-state index contributed by atoms with van der Waals surface area (Å²) < 4.78 is 0. The Kier molecular flexibility index (Phi) is 4.15. The number of halogens is 1. The zero-order valence-corrected chi connectivity index (χ0v) is 10.4. The highest BCUT2D eigenvalue weighted by molar-refractivity contribution is 6.30. The van der Waals surface area contributed by atoms with Crippen LogP contribution in [0.1, 0.15) is 11.1 Å². The van der Waals surface area contributed by atoms with Crippen LogP contribution in [0, 0.1) is 0 Å². The summed E-state index contributed by atoms with van der Waals surface area (Å²) in [6, 6.07) is 16.9. The number of benzene rings is 2. The van der Waals surface area contributed by atoms with Gasteiger partial charge in [0.1, 0.15) is 5.71 Å². The van der Waals surface area contributed by atoms with E-state index in [-0.39, 0.29) is 0 Å². The smallest absolute Gasteiger partial charge is 0.109 e. The molecule has 0 aliphatic heterocycles.